The van der Waals surface area contributed by atoms with E-state index in [0.717, 1.165) is 12.1 Å². The van der Waals surface area contributed by atoms with Crippen LogP contribution in [0.1, 0.15) is 11.1 Å². The molecule has 2 nitrogen and oxygen atoms in total. The number of thiocarbonyl (C=S) groups is 1. The number of ether oxygens (including phenoxy) is 1. The maximum absolute atomic E-state index is 13.6. The SMILES string of the molecule is NC(=S)c1c(F)cccc1OCc1ccc(F)c(F)c1. The molecule has 0 aliphatic heterocycles. The molecule has 0 aliphatic rings. The smallest absolute Gasteiger partial charge is 0.159 e. The van der Waals surface area contributed by atoms with Crippen molar-refractivity contribution in [1.29, 1.82) is 0 Å². The van der Waals surface area contributed by atoms with Crippen LogP contribution in [0, 0.1) is 17.5 Å². The molecule has 0 unspecified atom stereocenters. The van der Waals surface area contributed by atoms with Crippen molar-refractivity contribution in [2.24, 2.45) is 5.73 Å². The van der Waals surface area contributed by atoms with Crippen LogP contribution in [0.2, 0.25) is 0 Å². The van der Waals surface area contributed by atoms with Crippen LogP contribution in [0.4, 0.5) is 13.2 Å². The maximum Gasteiger partial charge on any atom is 0.159 e. The lowest BCUT2D eigenvalue weighted by Crippen LogP contribution is -2.14. The van der Waals surface area contributed by atoms with E-state index in [1.807, 2.05) is 0 Å². The van der Waals surface area contributed by atoms with E-state index in [0.29, 0.717) is 5.56 Å². The predicted molar refractivity (Wildman–Crippen MR) is 73.0 cm³/mol. The van der Waals surface area contributed by atoms with Crippen molar-refractivity contribution in [3.05, 3.63) is 65.0 Å². The van der Waals surface area contributed by atoms with Gasteiger partial charge in [-0.3, -0.25) is 0 Å². The van der Waals surface area contributed by atoms with Crippen LogP contribution in [-0.2, 0) is 6.61 Å². The number of hydrogen-bond donors (Lipinski definition) is 1. The molecule has 0 aromatic heterocycles. The molecule has 2 rings (SSSR count). The maximum atomic E-state index is 13.6. The van der Waals surface area contributed by atoms with Gasteiger partial charge < -0.3 is 10.5 Å². The molecule has 2 N–H and O–H groups in total. The Morgan fingerprint density at radius 1 is 1.05 bits per heavy atom. The number of halogens is 3. The molecule has 0 spiro atoms. The molecule has 0 aliphatic carbocycles. The summed E-state index contributed by atoms with van der Waals surface area (Å²) in [6.45, 7) is -0.0593. The average Bonchev–Trinajstić information content (AvgIpc) is 2.39. The van der Waals surface area contributed by atoms with Crippen LogP contribution in [0.5, 0.6) is 5.75 Å². The fourth-order valence-electron chi connectivity index (χ4n) is 1.65. The highest BCUT2D eigenvalue weighted by Gasteiger charge is 2.12. The van der Waals surface area contributed by atoms with E-state index in [2.05, 4.69) is 0 Å². The van der Waals surface area contributed by atoms with Crippen LogP contribution in [-0.4, -0.2) is 4.99 Å². The predicted octanol–water partition coefficient (Wildman–Crippen LogP) is 3.32. The first kappa shape index (κ1) is 14.3. The minimum atomic E-state index is -0.972. The van der Waals surface area contributed by atoms with Crippen molar-refractivity contribution < 1.29 is 17.9 Å². The molecule has 0 radical (unpaired) electrons. The molecule has 0 bridgehead atoms. The summed E-state index contributed by atoms with van der Waals surface area (Å²) in [6, 6.07) is 7.52. The van der Waals surface area contributed by atoms with E-state index in [9.17, 15) is 13.2 Å². The van der Waals surface area contributed by atoms with Crippen LogP contribution >= 0.6 is 12.2 Å². The molecular formula is C14H10F3NOS. The highest BCUT2D eigenvalue weighted by Crippen LogP contribution is 2.22. The molecule has 0 fully saturated rings. The first-order chi connectivity index (χ1) is 9.49. The average molecular weight is 297 g/mol. The highest BCUT2D eigenvalue weighted by molar-refractivity contribution is 7.80. The van der Waals surface area contributed by atoms with Gasteiger partial charge in [-0.15, -0.1) is 0 Å². The largest absolute Gasteiger partial charge is 0.488 e. The monoisotopic (exact) mass is 297 g/mol. The third kappa shape index (κ3) is 3.08. The van der Waals surface area contributed by atoms with Crippen LogP contribution in [0.3, 0.4) is 0 Å². The summed E-state index contributed by atoms with van der Waals surface area (Å²) < 4.78 is 44.8. The summed E-state index contributed by atoms with van der Waals surface area (Å²) in [5.74, 6) is -2.36. The summed E-state index contributed by atoms with van der Waals surface area (Å²) >= 11 is 4.75. The van der Waals surface area contributed by atoms with Gasteiger partial charge in [-0.2, -0.15) is 0 Å². The zero-order valence-corrected chi connectivity index (χ0v) is 11.0. The minimum absolute atomic E-state index is 0.00918. The number of rotatable bonds is 4. The normalized spacial score (nSPS) is 10.3. The zero-order valence-electron chi connectivity index (χ0n) is 10.2. The molecule has 20 heavy (non-hydrogen) atoms. The Bertz CT molecular complexity index is 661. The molecule has 2 aromatic carbocycles. The van der Waals surface area contributed by atoms with E-state index >= 15 is 0 Å². The van der Waals surface area contributed by atoms with E-state index in [4.69, 9.17) is 22.7 Å². The fraction of sp³-hybridized carbons (Fsp3) is 0.0714. The minimum Gasteiger partial charge on any atom is -0.488 e. The Kier molecular flexibility index (Phi) is 4.24. The molecular weight excluding hydrogens is 287 g/mol. The van der Waals surface area contributed by atoms with Crippen LogP contribution < -0.4 is 10.5 Å². The molecule has 0 amide bonds. The second-order valence-corrected chi connectivity index (χ2v) is 4.45. The van der Waals surface area contributed by atoms with Gasteiger partial charge in [0.05, 0.1) is 5.56 Å². The lowest BCUT2D eigenvalue weighted by molar-refractivity contribution is 0.303. The van der Waals surface area contributed by atoms with Gasteiger partial charge in [-0.25, -0.2) is 13.2 Å². The van der Waals surface area contributed by atoms with Crippen molar-refractivity contribution in [3.8, 4) is 5.75 Å². The van der Waals surface area contributed by atoms with Crippen molar-refractivity contribution in [1.82, 2.24) is 0 Å². The van der Waals surface area contributed by atoms with Gasteiger partial charge in [0, 0.05) is 0 Å². The van der Waals surface area contributed by atoms with E-state index in [-0.39, 0.29) is 22.9 Å². The first-order valence-electron chi connectivity index (χ1n) is 5.64. The lowest BCUT2D eigenvalue weighted by atomic mass is 10.2. The lowest BCUT2D eigenvalue weighted by Gasteiger charge is -2.11. The van der Waals surface area contributed by atoms with Crippen LogP contribution in [0.25, 0.3) is 0 Å². The standard InChI is InChI=1S/C14H10F3NOS/c15-9-5-4-8(6-11(9)17)7-19-12-3-1-2-10(16)13(12)14(18)20/h1-6H,7H2,(H2,18,20). The zero-order chi connectivity index (χ0) is 14.7. The number of benzene rings is 2. The van der Waals surface area contributed by atoms with Gasteiger partial charge in [0.15, 0.2) is 11.6 Å². The van der Waals surface area contributed by atoms with Crippen molar-refractivity contribution in [2.75, 3.05) is 0 Å². The summed E-state index contributed by atoms with van der Waals surface area (Å²) in [5.41, 5.74) is 5.83. The molecule has 0 atom stereocenters. The van der Waals surface area contributed by atoms with Gasteiger partial charge in [0.1, 0.15) is 23.2 Å². The van der Waals surface area contributed by atoms with Crippen molar-refractivity contribution in [3.63, 3.8) is 0 Å². The third-order valence-corrected chi connectivity index (χ3v) is 2.80. The fourth-order valence-corrected chi connectivity index (χ4v) is 1.85. The molecule has 6 heteroatoms. The van der Waals surface area contributed by atoms with Crippen molar-refractivity contribution >= 4 is 17.2 Å². The van der Waals surface area contributed by atoms with E-state index in [1.54, 1.807) is 0 Å². The Balaban J connectivity index is 2.21. The molecule has 0 saturated carbocycles. The Morgan fingerprint density at radius 3 is 2.45 bits per heavy atom. The summed E-state index contributed by atoms with van der Waals surface area (Å²) in [4.78, 5) is -0.136. The van der Waals surface area contributed by atoms with Gasteiger partial charge in [0.2, 0.25) is 0 Å². The van der Waals surface area contributed by atoms with Gasteiger partial charge >= 0.3 is 0 Å². The Hall–Kier alpha value is -2.08. The molecule has 0 heterocycles. The van der Waals surface area contributed by atoms with Gasteiger partial charge in [-0.05, 0) is 29.8 Å². The van der Waals surface area contributed by atoms with Gasteiger partial charge in [0.25, 0.3) is 0 Å². The van der Waals surface area contributed by atoms with E-state index in [1.165, 1.54) is 24.3 Å². The summed E-state index contributed by atoms with van der Waals surface area (Å²) in [7, 11) is 0. The number of hydrogen-bond acceptors (Lipinski definition) is 2. The quantitative estimate of drug-likeness (QED) is 0.879. The van der Waals surface area contributed by atoms with Crippen LogP contribution in [0.15, 0.2) is 36.4 Å². The second kappa shape index (κ2) is 5.92. The van der Waals surface area contributed by atoms with E-state index < -0.39 is 17.5 Å². The highest BCUT2D eigenvalue weighted by atomic mass is 32.1. The number of nitrogens with two attached hydrogens (primary N) is 1. The second-order valence-electron chi connectivity index (χ2n) is 4.01. The Morgan fingerprint density at radius 2 is 1.80 bits per heavy atom. The Labute approximate surface area is 119 Å². The first-order valence-corrected chi connectivity index (χ1v) is 6.05. The molecule has 104 valence electrons. The van der Waals surface area contributed by atoms with Crippen molar-refractivity contribution in [2.45, 2.75) is 6.61 Å². The summed E-state index contributed by atoms with van der Waals surface area (Å²) in [6.07, 6.45) is 0. The van der Waals surface area contributed by atoms with Gasteiger partial charge in [-0.1, -0.05) is 24.4 Å². The molecule has 2 aromatic rings. The topological polar surface area (TPSA) is 35.2 Å². The third-order valence-electron chi connectivity index (χ3n) is 2.60. The summed E-state index contributed by atoms with van der Waals surface area (Å²) in [5, 5.41) is 0. The molecule has 0 saturated heterocycles.